The van der Waals surface area contributed by atoms with Crippen LogP contribution in [0.2, 0.25) is 0 Å². The van der Waals surface area contributed by atoms with Crippen LogP contribution >= 0.6 is 0 Å². The van der Waals surface area contributed by atoms with Crippen molar-refractivity contribution in [3.63, 3.8) is 0 Å². The van der Waals surface area contributed by atoms with Gasteiger partial charge in [0.25, 0.3) is 5.91 Å². The lowest BCUT2D eigenvalue weighted by molar-refractivity contribution is -0.138. The van der Waals surface area contributed by atoms with E-state index in [1.807, 2.05) is 6.92 Å². The molecule has 0 atom stereocenters. The van der Waals surface area contributed by atoms with Crippen molar-refractivity contribution >= 4 is 11.9 Å². The van der Waals surface area contributed by atoms with Crippen molar-refractivity contribution in [1.29, 1.82) is 0 Å². The van der Waals surface area contributed by atoms with Crippen LogP contribution in [0.1, 0.15) is 41.1 Å². The predicted octanol–water partition coefficient (Wildman–Crippen LogP) is 1.99. The predicted molar refractivity (Wildman–Crippen MR) is 75.3 cm³/mol. The molecule has 1 N–H and O–H groups in total. The van der Waals surface area contributed by atoms with Gasteiger partial charge in [0.15, 0.2) is 0 Å². The molecule has 0 aromatic carbocycles. The van der Waals surface area contributed by atoms with Crippen LogP contribution in [0.15, 0.2) is 10.5 Å². The molecule has 1 fully saturated rings. The number of carbonyl (C=O) groups excluding carboxylic acids is 1. The summed E-state index contributed by atoms with van der Waals surface area (Å²) in [5.74, 6) is 0.529. The van der Waals surface area contributed by atoms with Gasteiger partial charge in [0.2, 0.25) is 0 Å². The van der Waals surface area contributed by atoms with E-state index in [0.29, 0.717) is 24.4 Å². The summed E-state index contributed by atoms with van der Waals surface area (Å²) in [6.07, 6.45) is 1.54. The van der Waals surface area contributed by atoms with Gasteiger partial charge in [-0.3, -0.25) is 9.59 Å². The number of aryl methyl sites for hydroxylation is 2. The maximum absolute atomic E-state index is 12.4. The molecule has 116 valence electrons. The van der Waals surface area contributed by atoms with Gasteiger partial charge in [0.1, 0.15) is 11.5 Å². The van der Waals surface area contributed by atoms with E-state index in [2.05, 4.69) is 0 Å². The molecule has 0 unspecified atom stereocenters. The summed E-state index contributed by atoms with van der Waals surface area (Å²) >= 11 is 0. The molecular weight excluding hydrogens is 274 g/mol. The highest BCUT2D eigenvalue weighted by Gasteiger charge is 2.26. The lowest BCUT2D eigenvalue weighted by atomic mass is 10.1. The van der Waals surface area contributed by atoms with Crippen molar-refractivity contribution in [2.75, 3.05) is 19.7 Å². The zero-order valence-corrected chi connectivity index (χ0v) is 12.4. The van der Waals surface area contributed by atoms with Crippen molar-refractivity contribution in [1.82, 2.24) is 4.90 Å². The van der Waals surface area contributed by atoms with Gasteiger partial charge in [-0.15, -0.1) is 0 Å². The Morgan fingerprint density at radius 3 is 2.57 bits per heavy atom. The number of likely N-dealkylation sites (tertiary alicyclic amines) is 1. The van der Waals surface area contributed by atoms with Gasteiger partial charge in [0.05, 0.1) is 24.7 Å². The minimum Gasteiger partial charge on any atom is -0.481 e. The van der Waals surface area contributed by atoms with Gasteiger partial charge in [0, 0.05) is 13.1 Å². The summed E-state index contributed by atoms with van der Waals surface area (Å²) in [7, 11) is 0. The Morgan fingerprint density at radius 1 is 1.38 bits per heavy atom. The molecule has 0 bridgehead atoms. The number of hydrogen-bond donors (Lipinski definition) is 1. The molecule has 1 aromatic rings. The highest BCUT2D eigenvalue weighted by atomic mass is 16.5. The molecule has 1 aromatic heterocycles. The lowest BCUT2D eigenvalue weighted by Crippen LogP contribution is -2.41. The van der Waals surface area contributed by atoms with E-state index >= 15 is 0 Å². The SMILES string of the molecule is Cc1cc(C(=O)N2CCC(OCCC(=O)O)CC2)c(C)o1. The molecule has 2 heterocycles. The van der Waals surface area contributed by atoms with Gasteiger partial charge in [-0.2, -0.15) is 0 Å². The van der Waals surface area contributed by atoms with Gasteiger partial charge in [-0.25, -0.2) is 0 Å². The summed E-state index contributed by atoms with van der Waals surface area (Å²) in [4.78, 5) is 24.6. The molecule has 1 aliphatic rings. The third-order valence-corrected chi connectivity index (χ3v) is 3.67. The standard InChI is InChI=1S/C15H21NO5/c1-10-9-13(11(2)21-10)15(19)16-6-3-12(4-7-16)20-8-5-14(17)18/h9,12H,3-8H2,1-2H3,(H,17,18). The summed E-state index contributed by atoms with van der Waals surface area (Å²) in [5.41, 5.74) is 0.623. The Balaban J connectivity index is 1.82. The Kier molecular flexibility index (Phi) is 5.01. The van der Waals surface area contributed by atoms with Crippen molar-refractivity contribution in [2.45, 2.75) is 39.2 Å². The average Bonchev–Trinajstić information content (AvgIpc) is 2.77. The van der Waals surface area contributed by atoms with Crippen LogP contribution in [0.25, 0.3) is 0 Å². The summed E-state index contributed by atoms with van der Waals surface area (Å²) in [6.45, 7) is 5.10. The molecule has 0 radical (unpaired) electrons. The number of aliphatic carboxylic acids is 1. The van der Waals surface area contributed by atoms with Crippen molar-refractivity contribution < 1.29 is 23.8 Å². The number of carbonyl (C=O) groups is 2. The molecule has 0 spiro atoms. The summed E-state index contributed by atoms with van der Waals surface area (Å²) in [6, 6.07) is 1.77. The van der Waals surface area contributed by atoms with Crippen molar-refractivity contribution in [2.24, 2.45) is 0 Å². The number of carboxylic acids is 1. The average molecular weight is 295 g/mol. The number of amides is 1. The van der Waals surface area contributed by atoms with E-state index in [4.69, 9.17) is 14.3 Å². The topological polar surface area (TPSA) is 80.0 Å². The summed E-state index contributed by atoms with van der Waals surface area (Å²) < 4.78 is 10.9. The van der Waals surface area contributed by atoms with Crippen LogP contribution in [0, 0.1) is 13.8 Å². The number of furan rings is 1. The second kappa shape index (κ2) is 6.76. The molecule has 6 heteroatoms. The number of piperidine rings is 1. The molecule has 1 amide bonds. The number of nitrogens with zero attached hydrogens (tertiary/aromatic N) is 1. The third-order valence-electron chi connectivity index (χ3n) is 3.67. The Morgan fingerprint density at radius 2 is 2.05 bits per heavy atom. The number of ether oxygens (including phenoxy) is 1. The highest BCUT2D eigenvalue weighted by Crippen LogP contribution is 2.20. The quantitative estimate of drug-likeness (QED) is 0.898. The molecule has 0 aliphatic carbocycles. The first-order valence-electron chi connectivity index (χ1n) is 7.17. The normalized spacial score (nSPS) is 16.2. The van der Waals surface area contributed by atoms with E-state index < -0.39 is 5.97 Å². The summed E-state index contributed by atoms with van der Waals surface area (Å²) in [5, 5.41) is 8.57. The molecule has 0 saturated carbocycles. The maximum Gasteiger partial charge on any atom is 0.305 e. The Labute approximate surface area is 123 Å². The van der Waals surface area contributed by atoms with Crippen LogP contribution in [0.3, 0.4) is 0 Å². The number of carboxylic acid groups (broad SMARTS) is 1. The molecule has 21 heavy (non-hydrogen) atoms. The fraction of sp³-hybridized carbons (Fsp3) is 0.600. The fourth-order valence-corrected chi connectivity index (χ4v) is 2.55. The number of hydrogen-bond acceptors (Lipinski definition) is 4. The van der Waals surface area contributed by atoms with Crippen LogP contribution in [0.5, 0.6) is 0 Å². The van der Waals surface area contributed by atoms with E-state index in [0.717, 1.165) is 18.6 Å². The second-order valence-electron chi connectivity index (χ2n) is 5.33. The number of rotatable bonds is 5. The first kappa shape index (κ1) is 15.6. The Bertz CT molecular complexity index is 514. The highest BCUT2D eigenvalue weighted by molar-refractivity contribution is 5.95. The van der Waals surface area contributed by atoms with Crippen LogP contribution < -0.4 is 0 Å². The first-order chi connectivity index (χ1) is 9.97. The van der Waals surface area contributed by atoms with E-state index in [-0.39, 0.29) is 25.0 Å². The molecule has 1 saturated heterocycles. The Hall–Kier alpha value is -1.82. The van der Waals surface area contributed by atoms with Gasteiger partial charge in [-0.05, 0) is 32.8 Å². The van der Waals surface area contributed by atoms with Crippen LogP contribution in [-0.2, 0) is 9.53 Å². The van der Waals surface area contributed by atoms with Gasteiger partial charge in [-0.1, -0.05) is 0 Å². The third kappa shape index (κ3) is 4.07. The minimum atomic E-state index is -0.853. The maximum atomic E-state index is 12.4. The van der Waals surface area contributed by atoms with Gasteiger partial charge < -0.3 is 19.2 Å². The van der Waals surface area contributed by atoms with Crippen LogP contribution in [-0.4, -0.2) is 47.7 Å². The largest absolute Gasteiger partial charge is 0.481 e. The second-order valence-corrected chi connectivity index (χ2v) is 5.33. The smallest absolute Gasteiger partial charge is 0.305 e. The lowest BCUT2D eigenvalue weighted by Gasteiger charge is -2.31. The van der Waals surface area contributed by atoms with E-state index in [9.17, 15) is 9.59 Å². The minimum absolute atomic E-state index is 0.00617. The van der Waals surface area contributed by atoms with Crippen molar-refractivity contribution in [3.05, 3.63) is 23.2 Å². The first-order valence-corrected chi connectivity index (χ1v) is 7.17. The molecule has 2 rings (SSSR count). The fourth-order valence-electron chi connectivity index (χ4n) is 2.55. The molecular formula is C15H21NO5. The monoisotopic (exact) mass is 295 g/mol. The molecule has 6 nitrogen and oxygen atoms in total. The van der Waals surface area contributed by atoms with E-state index in [1.165, 1.54) is 0 Å². The van der Waals surface area contributed by atoms with Crippen LogP contribution in [0.4, 0.5) is 0 Å². The van der Waals surface area contributed by atoms with E-state index in [1.54, 1.807) is 17.9 Å². The van der Waals surface area contributed by atoms with Crippen molar-refractivity contribution in [3.8, 4) is 0 Å². The molecule has 1 aliphatic heterocycles. The van der Waals surface area contributed by atoms with Gasteiger partial charge >= 0.3 is 5.97 Å². The zero-order valence-electron chi connectivity index (χ0n) is 12.4. The zero-order chi connectivity index (χ0) is 15.4.